The second-order valence-electron chi connectivity index (χ2n) is 4.03. The van der Waals surface area contributed by atoms with Crippen molar-refractivity contribution in [2.75, 3.05) is 18.0 Å². The molecular formula is C13H18F2N2O. The second kappa shape index (κ2) is 7.06. The number of nitrogens with two attached hydrogens (primary N) is 1. The number of hydrogen-bond acceptors (Lipinski definition) is 2. The summed E-state index contributed by atoms with van der Waals surface area (Å²) in [7, 11) is 0. The van der Waals surface area contributed by atoms with Crippen molar-refractivity contribution in [2.45, 2.75) is 26.2 Å². The highest BCUT2D eigenvalue weighted by molar-refractivity contribution is 5.93. The normalized spacial score (nSPS) is 10.4. The first-order chi connectivity index (χ1) is 8.60. The summed E-state index contributed by atoms with van der Waals surface area (Å²) in [5.74, 6) is -1.55. The van der Waals surface area contributed by atoms with Crippen molar-refractivity contribution in [2.24, 2.45) is 5.73 Å². The van der Waals surface area contributed by atoms with Crippen molar-refractivity contribution in [3.63, 3.8) is 0 Å². The molecule has 1 amide bonds. The monoisotopic (exact) mass is 256 g/mol. The van der Waals surface area contributed by atoms with Crippen molar-refractivity contribution in [1.29, 1.82) is 0 Å². The molecule has 5 heteroatoms. The summed E-state index contributed by atoms with van der Waals surface area (Å²) in [5.41, 5.74) is 5.51. The van der Waals surface area contributed by atoms with E-state index in [1.165, 1.54) is 11.0 Å². The van der Waals surface area contributed by atoms with Gasteiger partial charge in [0.1, 0.15) is 11.6 Å². The molecule has 0 aliphatic rings. The standard InChI is InChI=1S/C13H18F2N2O/c1-2-4-13(18)17(8-3-7-16)12-6-5-10(14)9-11(12)15/h5-6,9H,2-4,7-8,16H2,1H3. The summed E-state index contributed by atoms with van der Waals surface area (Å²) in [5, 5.41) is 0. The quantitative estimate of drug-likeness (QED) is 0.849. The van der Waals surface area contributed by atoms with Gasteiger partial charge in [-0.25, -0.2) is 8.78 Å². The van der Waals surface area contributed by atoms with Gasteiger partial charge in [-0.05, 0) is 31.5 Å². The first-order valence-corrected chi connectivity index (χ1v) is 6.05. The van der Waals surface area contributed by atoms with E-state index in [9.17, 15) is 13.6 Å². The Kier molecular flexibility index (Phi) is 5.71. The molecule has 0 aromatic heterocycles. The van der Waals surface area contributed by atoms with Crippen LogP contribution in [-0.2, 0) is 4.79 Å². The molecule has 0 radical (unpaired) electrons. The van der Waals surface area contributed by atoms with Crippen molar-refractivity contribution in [1.82, 2.24) is 0 Å². The fourth-order valence-electron chi connectivity index (χ4n) is 1.68. The van der Waals surface area contributed by atoms with Crippen LogP contribution < -0.4 is 10.6 Å². The molecule has 1 rings (SSSR count). The van der Waals surface area contributed by atoms with Gasteiger partial charge in [0.05, 0.1) is 5.69 Å². The minimum absolute atomic E-state index is 0.114. The lowest BCUT2D eigenvalue weighted by atomic mass is 10.2. The second-order valence-corrected chi connectivity index (χ2v) is 4.03. The first kappa shape index (κ1) is 14.6. The average molecular weight is 256 g/mol. The number of amides is 1. The van der Waals surface area contributed by atoms with Crippen LogP contribution in [0.3, 0.4) is 0 Å². The molecule has 1 aromatic carbocycles. The maximum absolute atomic E-state index is 13.7. The Morgan fingerprint density at radius 3 is 2.67 bits per heavy atom. The number of carbonyl (C=O) groups is 1. The van der Waals surface area contributed by atoms with E-state index in [4.69, 9.17) is 5.73 Å². The van der Waals surface area contributed by atoms with Crippen molar-refractivity contribution in [3.8, 4) is 0 Å². The van der Waals surface area contributed by atoms with Gasteiger partial charge >= 0.3 is 0 Å². The predicted molar refractivity (Wildman–Crippen MR) is 67.3 cm³/mol. The molecule has 0 atom stereocenters. The fourth-order valence-corrected chi connectivity index (χ4v) is 1.68. The van der Waals surface area contributed by atoms with E-state index in [2.05, 4.69) is 0 Å². The maximum atomic E-state index is 13.7. The lowest BCUT2D eigenvalue weighted by Crippen LogP contribution is -2.33. The van der Waals surface area contributed by atoms with Crippen LogP contribution in [0.1, 0.15) is 26.2 Å². The molecule has 0 bridgehead atoms. The summed E-state index contributed by atoms with van der Waals surface area (Å²) in [4.78, 5) is 13.2. The first-order valence-electron chi connectivity index (χ1n) is 6.05. The molecule has 0 saturated carbocycles. The predicted octanol–water partition coefficient (Wildman–Crippen LogP) is 2.45. The van der Waals surface area contributed by atoms with Gasteiger partial charge < -0.3 is 10.6 Å². The molecule has 1 aromatic rings. The van der Waals surface area contributed by atoms with E-state index in [-0.39, 0.29) is 11.6 Å². The van der Waals surface area contributed by atoms with Crippen molar-refractivity contribution >= 4 is 11.6 Å². The van der Waals surface area contributed by atoms with Gasteiger partial charge in [0.25, 0.3) is 0 Å². The smallest absolute Gasteiger partial charge is 0.227 e. The van der Waals surface area contributed by atoms with E-state index in [1.807, 2.05) is 6.92 Å². The number of anilines is 1. The number of halogens is 2. The molecule has 0 heterocycles. The van der Waals surface area contributed by atoms with E-state index in [0.29, 0.717) is 32.4 Å². The molecule has 18 heavy (non-hydrogen) atoms. The van der Waals surface area contributed by atoms with Crippen molar-refractivity contribution in [3.05, 3.63) is 29.8 Å². The Morgan fingerprint density at radius 1 is 1.39 bits per heavy atom. The molecule has 100 valence electrons. The van der Waals surface area contributed by atoms with Crippen LogP contribution in [0.2, 0.25) is 0 Å². The molecule has 0 unspecified atom stereocenters. The van der Waals surface area contributed by atoms with E-state index in [1.54, 1.807) is 0 Å². The van der Waals surface area contributed by atoms with Crippen LogP contribution in [0.15, 0.2) is 18.2 Å². The number of benzene rings is 1. The molecule has 0 aliphatic carbocycles. The van der Waals surface area contributed by atoms with Gasteiger partial charge in [0.15, 0.2) is 0 Å². The largest absolute Gasteiger partial charge is 0.330 e. The summed E-state index contributed by atoms with van der Waals surface area (Å²) in [6, 6.07) is 3.21. The maximum Gasteiger partial charge on any atom is 0.227 e. The van der Waals surface area contributed by atoms with Crippen LogP contribution in [-0.4, -0.2) is 19.0 Å². The highest BCUT2D eigenvalue weighted by Gasteiger charge is 2.18. The Labute approximate surface area is 106 Å². The third-order valence-corrected chi connectivity index (χ3v) is 2.55. The average Bonchev–Trinajstić information content (AvgIpc) is 2.32. The van der Waals surface area contributed by atoms with Gasteiger partial charge in [0, 0.05) is 19.0 Å². The number of rotatable bonds is 6. The van der Waals surface area contributed by atoms with Gasteiger partial charge in [-0.3, -0.25) is 4.79 Å². The van der Waals surface area contributed by atoms with Gasteiger partial charge in [-0.15, -0.1) is 0 Å². The molecule has 0 aliphatic heterocycles. The molecule has 3 nitrogen and oxygen atoms in total. The van der Waals surface area contributed by atoms with Gasteiger partial charge in [-0.2, -0.15) is 0 Å². The minimum atomic E-state index is -0.725. The van der Waals surface area contributed by atoms with Crippen molar-refractivity contribution < 1.29 is 13.6 Å². The molecule has 0 saturated heterocycles. The zero-order valence-corrected chi connectivity index (χ0v) is 10.5. The summed E-state index contributed by atoms with van der Waals surface area (Å²) >= 11 is 0. The van der Waals surface area contributed by atoms with E-state index < -0.39 is 11.6 Å². The van der Waals surface area contributed by atoms with E-state index >= 15 is 0 Å². The highest BCUT2D eigenvalue weighted by atomic mass is 19.1. The zero-order valence-electron chi connectivity index (χ0n) is 10.5. The molecule has 0 fully saturated rings. The summed E-state index contributed by atoms with van der Waals surface area (Å²) < 4.78 is 26.5. The fraction of sp³-hybridized carbons (Fsp3) is 0.462. The number of nitrogens with zero attached hydrogens (tertiary/aromatic N) is 1. The topological polar surface area (TPSA) is 46.3 Å². The molecular weight excluding hydrogens is 238 g/mol. The Morgan fingerprint density at radius 2 is 2.11 bits per heavy atom. The minimum Gasteiger partial charge on any atom is -0.330 e. The number of hydrogen-bond donors (Lipinski definition) is 1. The van der Waals surface area contributed by atoms with E-state index in [0.717, 1.165) is 12.1 Å². The van der Waals surface area contributed by atoms with Gasteiger partial charge in [-0.1, -0.05) is 6.92 Å². The zero-order chi connectivity index (χ0) is 13.5. The van der Waals surface area contributed by atoms with Gasteiger partial charge in [0.2, 0.25) is 5.91 Å². The van der Waals surface area contributed by atoms with Crippen LogP contribution in [0.5, 0.6) is 0 Å². The third-order valence-electron chi connectivity index (χ3n) is 2.55. The highest BCUT2D eigenvalue weighted by Crippen LogP contribution is 2.21. The summed E-state index contributed by atoms with van der Waals surface area (Å²) in [6.07, 6.45) is 1.59. The SMILES string of the molecule is CCCC(=O)N(CCCN)c1ccc(F)cc1F. The van der Waals surface area contributed by atoms with Crippen LogP contribution in [0.25, 0.3) is 0 Å². The summed E-state index contributed by atoms with van der Waals surface area (Å²) in [6.45, 7) is 2.64. The Balaban J connectivity index is 2.97. The Hall–Kier alpha value is -1.49. The molecule has 0 spiro atoms. The lowest BCUT2D eigenvalue weighted by molar-refractivity contribution is -0.118. The Bertz CT molecular complexity index is 410. The third kappa shape index (κ3) is 3.77. The molecule has 2 N–H and O–H groups in total. The lowest BCUT2D eigenvalue weighted by Gasteiger charge is -2.23. The van der Waals surface area contributed by atoms with Crippen LogP contribution >= 0.6 is 0 Å². The van der Waals surface area contributed by atoms with Crippen LogP contribution in [0, 0.1) is 11.6 Å². The number of carbonyl (C=O) groups excluding carboxylic acids is 1. The van der Waals surface area contributed by atoms with Crippen LogP contribution in [0.4, 0.5) is 14.5 Å².